The Morgan fingerprint density at radius 2 is 1.84 bits per heavy atom. The zero-order valence-corrected chi connectivity index (χ0v) is 15.1. The predicted molar refractivity (Wildman–Crippen MR) is 102 cm³/mol. The van der Waals surface area contributed by atoms with Crippen molar-refractivity contribution in [2.45, 2.75) is 17.2 Å². The zero-order valence-electron chi connectivity index (χ0n) is 13.5. The zero-order chi connectivity index (χ0) is 17.4. The van der Waals surface area contributed by atoms with Crippen molar-refractivity contribution in [3.8, 4) is 11.3 Å². The summed E-state index contributed by atoms with van der Waals surface area (Å²) < 4.78 is 0. The maximum Gasteiger partial charge on any atom is 0.226 e. The third-order valence-corrected chi connectivity index (χ3v) is 5.45. The van der Waals surface area contributed by atoms with Crippen molar-refractivity contribution in [1.29, 1.82) is 0 Å². The lowest BCUT2D eigenvalue weighted by molar-refractivity contribution is -0.116. The molecule has 1 aromatic heterocycles. The lowest BCUT2D eigenvalue weighted by atomic mass is 9.84. The van der Waals surface area contributed by atoms with E-state index in [1.54, 1.807) is 11.8 Å². The van der Waals surface area contributed by atoms with Crippen molar-refractivity contribution in [3.63, 3.8) is 0 Å². The van der Waals surface area contributed by atoms with E-state index in [0.717, 1.165) is 22.4 Å². The van der Waals surface area contributed by atoms with Crippen molar-refractivity contribution in [3.05, 3.63) is 64.7 Å². The second-order valence-electron chi connectivity index (χ2n) is 5.95. The molecule has 2 aromatic carbocycles. The van der Waals surface area contributed by atoms with Crippen LogP contribution in [0.15, 0.2) is 53.4 Å². The van der Waals surface area contributed by atoms with E-state index in [9.17, 15) is 4.79 Å². The molecule has 0 bridgehead atoms. The van der Waals surface area contributed by atoms with E-state index in [2.05, 4.69) is 46.0 Å². The van der Waals surface area contributed by atoms with Gasteiger partial charge in [0.1, 0.15) is 0 Å². The van der Waals surface area contributed by atoms with Crippen molar-refractivity contribution >= 4 is 35.1 Å². The number of nitrogens with one attached hydrogen (secondary N) is 2. The Balaban J connectivity index is 1.82. The molecular weight excluding hydrogens is 354 g/mol. The number of aromatic nitrogens is 2. The second-order valence-corrected chi connectivity index (χ2v) is 7.26. The Labute approximate surface area is 155 Å². The number of benzene rings is 2. The Morgan fingerprint density at radius 1 is 1.12 bits per heavy atom. The van der Waals surface area contributed by atoms with Crippen LogP contribution in [0, 0.1) is 0 Å². The number of thioether (sulfide) groups is 1. The van der Waals surface area contributed by atoms with Gasteiger partial charge in [0, 0.05) is 33.4 Å². The molecule has 126 valence electrons. The molecule has 0 radical (unpaired) electrons. The first-order valence-corrected chi connectivity index (χ1v) is 9.54. The average molecular weight is 370 g/mol. The number of carbonyl (C=O) groups is 1. The third kappa shape index (κ3) is 3.05. The fourth-order valence-electron chi connectivity index (χ4n) is 3.21. The topological polar surface area (TPSA) is 57.8 Å². The molecular formula is C19H16ClN3OS. The normalized spacial score (nSPS) is 16.4. The number of H-pyrrole nitrogens is 1. The summed E-state index contributed by atoms with van der Waals surface area (Å²) in [5.41, 5.74) is 4.06. The molecule has 2 N–H and O–H groups in total. The summed E-state index contributed by atoms with van der Waals surface area (Å²) in [4.78, 5) is 13.3. The highest BCUT2D eigenvalue weighted by molar-refractivity contribution is 7.98. The van der Waals surface area contributed by atoms with Gasteiger partial charge in [0.05, 0.1) is 5.69 Å². The van der Waals surface area contributed by atoms with Crippen LogP contribution in [0.5, 0.6) is 0 Å². The van der Waals surface area contributed by atoms with Gasteiger partial charge in [-0.3, -0.25) is 9.89 Å². The van der Waals surface area contributed by atoms with E-state index >= 15 is 0 Å². The van der Waals surface area contributed by atoms with E-state index in [0.29, 0.717) is 17.3 Å². The number of rotatable bonds is 3. The molecule has 1 atom stereocenters. The van der Waals surface area contributed by atoms with Crippen LogP contribution in [0.1, 0.15) is 23.5 Å². The number of carbonyl (C=O) groups excluding carboxylic acids is 1. The summed E-state index contributed by atoms with van der Waals surface area (Å²) in [7, 11) is 0. The van der Waals surface area contributed by atoms with Crippen molar-refractivity contribution in [2.24, 2.45) is 0 Å². The monoisotopic (exact) mass is 369 g/mol. The summed E-state index contributed by atoms with van der Waals surface area (Å²) in [6, 6.07) is 16.0. The van der Waals surface area contributed by atoms with Crippen LogP contribution in [0.25, 0.3) is 11.3 Å². The van der Waals surface area contributed by atoms with Gasteiger partial charge in [-0.05, 0) is 36.1 Å². The van der Waals surface area contributed by atoms with Gasteiger partial charge in [-0.25, -0.2) is 0 Å². The van der Waals surface area contributed by atoms with Gasteiger partial charge < -0.3 is 5.32 Å². The molecule has 3 aromatic rings. The predicted octanol–water partition coefficient (Wildman–Crippen LogP) is 4.93. The highest BCUT2D eigenvalue weighted by atomic mass is 35.5. The quantitative estimate of drug-likeness (QED) is 0.644. The molecule has 0 aliphatic carbocycles. The van der Waals surface area contributed by atoms with Crippen molar-refractivity contribution in [2.75, 3.05) is 11.6 Å². The molecule has 1 aliphatic rings. The fraction of sp³-hybridized carbons (Fsp3) is 0.158. The lowest BCUT2D eigenvalue weighted by Crippen LogP contribution is -2.23. The highest BCUT2D eigenvalue weighted by Gasteiger charge is 2.31. The van der Waals surface area contributed by atoms with Crippen LogP contribution in [-0.2, 0) is 4.79 Å². The van der Waals surface area contributed by atoms with Crippen LogP contribution in [-0.4, -0.2) is 22.4 Å². The molecule has 0 saturated heterocycles. The third-order valence-electron chi connectivity index (χ3n) is 4.45. The van der Waals surface area contributed by atoms with E-state index < -0.39 is 0 Å². The summed E-state index contributed by atoms with van der Waals surface area (Å²) in [5, 5.41) is 11.0. The number of hydrogen-bond donors (Lipinski definition) is 2. The molecule has 1 aliphatic heterocycles. The van der Waals surface area contributed by atoms with Crippen LogP contribution in [0.4, 0.5) is 5.82 Å². The molecule has 0 spiro atoms. The molecule has 2 heterocycles. The highest BCUT2D eigenvalue weighted by Crippen LogP contribution is 2.42. The minimum atomic E-state index is -0.0240. The number of aromatic amines is 1. The summed E-state index contributed by atoms with van der Waals surface area (Å²) in [6.45, 7) is 0. The summed E-state index contributed by atoms with van der Waals surface area (Å²) in [5.74, 6) is 0.574. The van der Waals surface area contributed by atoms with Gasteiger partial charge in [-0.2, -0.15) is 5.10 Å². The minimum absolute atomic E-state index is 0.0133. The van der Waals surface area contributed by atoms with Gasteiger partial charge in [0.15, 0.2) is 5.82 Å². The van der Waals surface area contributed by atoms with E-state index in [1.807, 2.05) is 24.3 Å². The first-order valence-electron chi connectivity index (χ1n) is 7.93. The summed E-state index contributed by atoms with van der Waals surface area (Å²) >= 11 is 7.71. The summed E-state index contributed by atoms with van der Waals surface area (Å²) in [6.07, 6.45) is 2.46. The maximum absolute atomic E-state index is 12.1. The molecule has 4 nitrogen and oxygen atoms in total. The number of fused-ring (bicyclic) bond motifs is 1. The molecule has 0 saturated carbocycles. The van der Waals surface area contributed by atoms with E-state index in [-0.39, 0.29) is 11.8 Å². The SMILES string of the molecule is CSc1ccc(C2CC(=O)Nc3n[nH]c(-c4ccc(Cl)cc4)c32)cc1. The second kappa shape index (κ2) is 6.58. The molecule has 0 fully saturated rings. The van der Waals surface area contributed by atoms with Crippen LogP contribution in [0.2, 0.25) is 5.02 Å². The Bertz CT molecular complexity index is 919. The number of halogens is 1. The van der Waals surface area contributed by atoms with Crippen molar-refractivity contribution in [1.82, 2.24) is 10.2 Å². The minimum Gasteiger partial charge on any atom is -0.309 e. The van der Waals surface area contributed by atoms with Crippen LogP contribution >= 0.6 is 23.4 Å². The lowest BCUT2D eigenvalue weighted by Gasteiger charge is -2.23. The Kier molecular flexibility index (Phi) is 4.27. The first-order chi connectivity index (χ1) is 12.2. The van der Waals surface area contributed by atoms with Gasteiger partial charge in [-0.15, -0.1) is 11.8 Å². The number of anilines is 1. The molecule has 4 rings (SSSR count). The van der Waals surface area contributed by atoms with Crippen LogP contribution in [0.3, 0.4) is 0 Å². The molecule has 1 unspecified atom stereocenters. The number of amides is 1. The van der Waals surface area contributed by atoms with Gasteiger partial charge >= 0.3 is 0 Å². The largest absolute Gasteiger partial charge is 0.309 e. The van der Waals surface area contributed by atoms with Gasteiger partial charge in [-0.1, -0.05) is 35.9 Å². The van der Waals surface area contributed by atoms with Gasteiger partial charge in [0.2, 0.25) is 5.91 Å². The Hall–Kier alpha value is -2.24. The van der Waals surface area contributed by atoms with Crippen molar-refractivity contribution < 1.29 is 4.79 Å². The molecule has 6 heteroatoms. The van der Waals surface area contributed by atoms with Crippen LogP contribution < -0.4 is 5.32 Å². The molecule has 1 amide bonds. The van der Waals surface area contributed by atoms with E-state index in [1.165, 1.54) is 4.90 Å². The first kappa shape index (κ1) is 16.2. The number of hydrogen-bond acceptors (Lipinski definition) is 3. The average Bonchev–Trinajstić information content (AvgIpc) is 3.05. The molecule has 25 heavy (non-hydrogen) atoms. The number of nitrogens with zero attached hydrogens (tertiary/aromatic N) is 1. The fourth-order valence-corrected chi connectivity index (χ4v) is 3.75. The van der Waals surface area contributed by atoms with E-state index in [4.69, 9.17) is 11.6 Å². The standard InChI is InChI=1S/C19H16ClN3OS/c1-25-14-8-4-11(5-9-14)15-10-16(24)21-19-17(15)18(22-23-19)12-2-6-13(20)7-3-12/h2-9,15H,10H2,1H3,(H2,21,22,23,24). The smallest absolute Gasteiger partial charge is 0.226 e. The Morgan fingerprint density at radius 3 is 2.52 bits per heavy atom. The maximum atomic E-state index is 12.1. The van der Waals surface area contributed by atoms with Gasteiger partial charge in [0.25, 0.3) is 0 Å².